The fraction of sp³-hybridized carbons (Fsp3) is 0.200. The number of Topliss-reactive ketones (excluding diaryl/α,β-unsaturated/α-hetero) is 1. The van der Waals surface area contributed by atoms with E-state index in [0.29, 0.717) is 11.3 Å². The normalized spacial score (nSPS) is 14.3. The first-order valence-corrected chi connectivity index (χ1v) is 3.97. The van der Waals surface area contributed by atoms with Gasteiger partial charge >= 0.3 is 5.97 Å². The van der Waals surface area contributed by atoms with Crippen molar-refractivity contribution in [3.8, 4) is 5.75 Å². The molecule has 66 valence electrons. The van der Waals surface area contributed by atoms with Gasteiger partial charge in [-0.2, -0.15) is 0 Å². The molecule has 2 rings (SSSR count). The number of ether oxygens (including phenoxy) is 1. The van der Waals surface area contributed by atoms with E-state index in [1.54, 1.807) is 12.1 Å². The monoisotopic (exact) mass is 176 g/mol. The number of carbonyl (C=O) groups is 2. The molecule has 0 aliphatic carbocycles. The second-order valence-corrected chi connectivity index (χ2v) is 3.15. The van der Waals surface area contributed by atoms with E-state index < -0.39 is 11.8 Å². The summed E-state index contributed by atoms with van der Waals surface area (Å²) < 4.78 is 4.77. The highest BCUT2D eigenvalue weighted by atomic mass is 16.5. The predicted molar refractivity (Wildman–Crippen MR) is 45.9 cm³/mol. The van der Waals surface area contributed by atoms with Gasteiger partial charge in [0.1, 0.15) is 5.75 Å². The molecule has 3 nitrogen and oxygen atoms in total. The minimum Gasteiger partial charge on any atom is -0.420 e. The van der Waals surface area contributed by atoms with Crippen LogP contribution >= 0.6 is 0 Å². The molecule has 1 heterocycles. The van der Waals surface area contributed by atoms with Crippen molar-refractivity contribution in [3.05, 3.63) is 28.8 Å². The summed E-state index contributed by atoms with van der Waals surface area (Å²) in [4.78, 5) is 22.1. The quantitative estimate of drug-likeness (QED) is 0.341. The van der Waals surface area contributed by atoms with Crippen molar-refractivity contribution in [2.24, 2.45) is 0 Å². The molecule has 0 fully saturated rings. The first-order valence-electron chi connectivity index (χ1n) is 3.97. The van der Waals surface area contributed by atoms with E-state index in [4.69, 9.17) is 4.74 Å². The van der Waals surface area contributed by atoms with Crippen LogP contribution in [0.3, 0.4) is 0 Å². The average molecular weight is 176 g/mol. The van der Waals surface area contributed by atoms with Gasteiger partial charge in [-0.1, -0.05) is 0 Å². The lowest BCUT2D eigenvalue weighted by Crippen LogP contribution is -2.10. The van der Waals surface area contributed by atoms with Gasteiger partial charge in [-0.15, -0.1) is 0 Å². The summed E-state index contributed by atoms with van der Waals surface area (Å²) >= 11 is 0. The first-order chi connectivity index (χ1) is 6.09. The second kappa shape index (κ2) is 2.42. The van der Waals surface area contributed by atoms with Crippen LogP contribution in [0.2, 0.25) is 0 Å². The Morgan fingerprint density at radius 2 is 1.69 bits per heavy atom. The van der Waals surface area contributed by atoms with E-state index in [1.165, 1.54) is 0 Å². The van der Waals surface area contributed by atoms with Crippen molar-refractivity contribution in [1.29, 1.82) is 0 Å². The molecule has 0 spiro atoms. The number of fused-ring (bicyclic) bond motifs is 1. The van der Waals surface area contributed by atoms with E-state index in [0.717, 1.165) is 11.1 Å². The molecule has 0 aromatic heterocycles. The van der Waals surface area contributed by atoms with Gasteiger partial charge in [-0.05, 0) is 37.1 Å². The lowest BCUT2D eigenvalue weighted by atomic mass is 10.0. The summed E-state index contributed by atoms with van der Waals surface area (Å²) in [7, 11) is 0. The number of esters is 1. The van der Waals surface area contributed by atoms with Gasteiger partial charge in [-0.3, -0.25) is 4.79 Å². The molecule has 3 heteroatoms. The summed E-state index contributed by atoms with van der Waals surface area (Å²) in [6.07, 6.45) is 0. The fourth-order valence-corrected chi connectivity index (χ4v) is 1.31. The number of hydrogen-bond donors (Lipinski definition) is 0. The summed E-state index contributed by atoms with van der Waals surface area (Å²) in [5, 5.41) is 0. The molecule has 0 atom stereocenters. The Balaban J connectivity index is 2.66. The van der Waals surface area contributed by atoms with E-state index >= 15 is 0 Å². The maximum absolute atomic E-state index is 11.2. The second-order valence-electron chi connectivity index (χ2n) is 3.15. The van der Waals surface area contributed by atoms with Gasteiger partial charge in [0, 0.05) is 0 Å². The van der Waals surface area contributed by atoms with Crippen molar-refractivity contribution >= 4 is 11.8 Å². The summed E-state index contributed by atoms with van der Waals surface area (Å²) in [5.74, 6) is -0.934. The zero-order valence-corrected chi connectivity index (χ0v) is 7.38. The van der Waals surface area contributed by atoms with Gasteiger partial charge in [0.2, 0.25) is 0 Å². The van der Waals surface area contributed by atoms with Gasteiger partial charge in [0.15, 0.2) is 0 Å². The Hall–Kier alpha value is -1.64. The lowest BCUT2D eigenvalue weighted by molar-refractivity contribution is -0.128. The smallest absolute Gasteiger partial charge is 0.385 e. The van der Waals surface area contributed by atoms with E-state index in [1.807, 2.05) is 13.8 Å². The molecule has 0 radical (unpaired) electrons. The molecule has 1 aliphatic rings. The number of benzene rings is 1. The number of carbonyl (C=O) groups excluding carboxylic acids is 2. The van der Waals surface area contributed by atoms with Crippen molar-refractivity contribution in [2.45, 2.75) is 13.8 Å². The van der Waals surface area contributed by atoms with Gasteiger partial charge in [0.05, 0.1) is 5.56 Å². The molecule has 0 unspecified atom stereocenters. The van der Waals surface area contributed by atoms with Gasteiger partial charge in [0.25, 0.3) is 5.78 Å². The zero-order valence-electron chi connectivity index (χ0n) is 7.38. The lowest BCUT2D eigenvalue weighted by Gasteiger charge is -2.01. The Labute approximate surface area is 75.3 Å². The molecule has 0 saturated heterocycles. The van der Waals surface area contributed by atoms with Crippen LogP contribution in [0, 0.1) is 13.8 Å². The third-order valence-corrected chi connectivity index (χ3v) is 2.23. The number of rotatable bonds is 0. The maximum atomic E-state index is 11.2. The number of hydrogen-bond acceptors (Lipinski definition) is 3. The molecular formula is C10H8O3. The Morgan fingerprint density at radius 3 is 2.38 bits per heavy atom. The Bertz CT molecular complexity index is 418. The van der Waals surface area contributed by atoms with Crippen molar-refractivity contribution in [1.82, 2.24) is 0 Å². The summed E-state index contributed by atoms with van der Waals surface area (Å²) in [6.45, 7) is 3.80. The summed E-state index contributed by atoms with van der Waals surface area (Å²) in [5.41, 5.74) is 2.39. The third-order valence-electron chi connectivity index (χ3n) is 2.23. The van der Waals surface area contributed by atoms with Crippen LogP contribution in [-0.4, -0.2) is 11.8 Å². The van der Waals surface area contributed by atoms with Crippen LogP contribution in [-0.2, 0) is 4.79 Å². The van der Waals surface area contributed by atoms with Crippen molar-refractivity contribution in [2.75, 3.05) is 0 Å². The van der Waals surface area contributed by atoms with Gasteiger partial charge < -0.3 is 4.74 Å². The van der Waals surface area contributed by atoms with Crippen molar-refractivity contribution < 1.29 is 14.3 Å². The van der Waals surface area contributed by atoms with Crippen molar-refractivity contribution in [3.63, 3.8) is 0 Å². The first kappa shape index (κ1) is 7.98. The van der Waals surface area contributed by atoms with Crippen LogP contribution in [0.1, 0.15) is 21.5 Å². The minimum atomic E-state index is -0.778. The van der Waals surface area contributed by atoms with Crippen LogP contribution < -0.4 is 4.74 Å². The molecular weight excluding hydrogens is 168 g/mol. The fourth-order valence-electron chi connectivity index (χ4n) is 1.31. The number of ketones is 1. The van der Waals surface area contributed by atoms with E-state index in [2.05, 4.69) is 0 Å². The molecule has 0 bridgehead atoms. The SMILES string of the molecule is Cc1cc2c(cc1C)C(=O)C(=O)O2. The minimum absolute atomic E-state index is 0.383. The predicted octanol–water partition coefficient (Wildman–Crippen LogP) is 1.41. The Kier molecular flexibility index (Phi) is 1.49. The van der Waals surface area contributed by atoms with Crippen LogP contribution in [0.5, 0.6) is 5.75 Å². The molecule has 0 amide bonds. The summed E-state index contributed by atoms with van der Waals surface area (Å²) in [6, 6.07) is 3.41. The molecule has 1 aromatic carbocycles. The third kappa shape index (κ3) is 1.04. The maximum Gasteiger partial charge on any atom is 0.385 e. The molecule has 1 aromatic rings. The van der Waals surface area contributed by atoms with E-state index in [9.17, 15) is 9.59 Å². The highest BCUT2D eigenvalue weighted by Gasteiger charge is 2.30. The average Bonchev–Trinajstić information content (AvgIpc) is 2.32. The van der Waals surface area contributed by atoms with Gasteiger partial charge in [-0.25, -0.2) is 4.79 Å². The van der Waals surface area contributed by atoms with E-state index in [-0.39, 0.29) is 0 Å². The molecule has 0 saturated carbocycles. The largest absolute Gasteiger partial charge is 0.420 e. The van der Waals surface area contributed by atoms with Crippen LogP contribution in [0.25, 0.3) is 0 Å². The topological polar surface area (TPSA) is 43.4 Å². The molecule has 13 heavy (non-hydrogen) atoms. The number of aryl methyl sites for hydroxylation is 2. The Morgan fingerprint density at radius 1 is 1.08 bits per heavy atom. The molecule has 1 aliphatic heterocycles. The van der Waals surface area contributed by atoms with Crippen LogP contribution in [0.4, 0.5) is 0 Å². The zero-order chi connectivity index (χ0) is 9.59. The van der Waals surface area contributed by atoms with Crippen LogP contribution in [0.15, 0.2) is 12.1 Å². The standard InChI is InChI=1S/C10H8O3/c1-5-3-7-8(4-6(5)2)13-10(12)9(7)11/h3-4H,1-2H3. The molecule has 0 N–H and O–H groups in total. The highest BCUT2D eigenvalue weighted by Crippen LogP contribution is 2.28. The highest BCUT2D eigenvalue weighted by molar-refractivity contribution is 6.44.